The van der Waals surface area contributed by atoms with Crippen LogP contribution < -0.4 is 10.2 Å². The number of nitrogens with one attached hydrogen (secondary N) is 1. The van der Waals surface area contributed by atoms with Gasteiger partial charge in [-0.3, -0.25) is 4.79 Å². The topological polar surface area (TPSA) is 37.3 Å². The van der Waals surface area contributed by atoms with E-state index in [0.717, 1.165) is 42.4 Å². The molecule has 0 saturated heterocycles. The zero-order chi connectivity index (χ0) is 17.9. The van der Waals surface area contributed by atoms with Gasteiger partial charge in [-0.1, -0.05) is 0 Å². The number of hydrogen-bond donors (Lipinski definition) is 1. The van der Waals surface area contributed by atoms with E-state index < -0.39 is 0 Å². The van der Waals surface area contributed by atoms with Gasteiger partial charge < -0.3 is 14.8 Å². The first kappa shape index (κ1) is 16.0. The molecule has 4 heteroatoms. The van der Waals surface area contributed by atoms with Crippen LogP contribution in [0.3, 0.4) is 0 Å². The molecule has 0 radical (unpaired) electrons. The van der Waals surface area contributed by atoms with Gasteiger partial charge in [0, 0.05) is 42.8 Å². The molecule has 1 amide bonds. The second kappa shape index (κ2) is 5.63. The fourth-order valence-corrected chi connectivity index (χ4v) is 5.25. The van der Waals surface area contributed by atoms with Gasteiger partial charge in [0.25, 0.3) is 0 Å². The van der Waals surface area contributed by atoms with Crippen LogP contribution in [-0.2, 0) is 17.9 Å². The summed E-state index contributed by atoms with van der Waals surface area (Å²) in [6.45, 7) is 7.22. The molecule has 2 heterocycles. The molecule has 0 spiro atoms. The fourth-order valence-electron chi connectivity index (χ4n) is 5.25. The fraction of sp³-hybridized carbons (Fsp3) is 0.500. The van der Waals surface area contributed by atoms with E-state index in [4.69, 9.17) is 0 Å². The molecule has 0 atom stereocenters. The van der Waals surface area contributed by atoms with Gasteiger partial charge in [0.05, 0.1) is 6.54 Å². The molecule has 2 aromatic rings. The maximum atomic E-state index is 12.5. The summed E-state index contributed by atoms with van der Waals surface area (Å²) < 4.78 is 2.33. The Morgan fingerprint density at radius 2 is 1.92 bits per heavy atom. The van der Waals surface area contributed by atoms with Crippen molar-refractivity contribution < 1.29 is 4.79 Å². The highest BCUT2D eigenvalue weighted by atomic mass is 16.1. The Morgan fingerprint density at radius 1 is 1.19 bits per heavy atom. The third kappa shape index (κ3) is 2.54. The number of aryl methyl sites for hydroxylation is 2. The lowest BCUT2D eigenvalue weighted by atomic mass is 9.43. The Bertz CT molecular complexity index is 841. The number of benzene rings is 1. The summed E-state index contributed by atoms with van der Waals surface area (Å²) in [5.41, 5.74) is 6.30. The zero-order valence-corrected chi connectivity index (χ0v) is 15.7. The molecule has 4 aliphatic rings. The quantitative estimate of drug-likeness (QED) is 0.896. The number of carbonyl (C=O) groups is 1. The predicted octanol–water partition coefficient (Wildman–Crippen LogP) is 4.25. The summed E-state index contributed by atoms with van der Waals surface area (Å²) in [6, 6.07) is 8.77. The number of aromatic nitrogens is 1. The summed E-state index contributed by atoms with van der Waals surface area (Å²) in [7, 11) is 0. The van der Waals surface area contributed by atoms with Crippen LogP contribution in [0.15, 0.2) is 30.5 Å². The minimum Gasteiger partial charge on any atom is -0.364 e. The standard InChI is InChI=1S/C22H27N3O/c1-15-8-19(25-7-6-24-5-3-4-18(24)14-25)9-16(2)21(15)23-20(26)13-22-10-17(11-22)12-22/h3-5,8-9,17H,6-7,10-14H2,1-2H3,(H,23,26). The lowest BCUT2D eigenvalue weighted by Gasteiger charge is -2.61. The molecule has 0 unspecified atom stereocenters. The van der Waals surface area contributed by atoms with Gasteiger partial charge in [0.2, 0.25) is 5.91 Å². The van der Waals surface area contributed by atoms with Gasteiger partial charge >= 0.3 is 0 Å². The lowest BCUT2D eigenvalue weighted by Crippen LogP contribution is -2.53. The van der Waals surface area contributed by atoms with Crippen LogP contribution in [0, 0.1) is 25.2 Å². The van der Waals surface area contributed by atoms with E-state index in [9.17, 15) is 4.79 Å². The van der Waals surface area contributed by atoms with Crippen molar-refractivity contribution in [3.63, 3.8) is 0 Å². The average molecular weight is 349 g/mol. The third-order valence-corrected chi connectivity index (χ3v) is 6.73. The zero-order valence-electron chi connectivity index (χ0n) is 15.7. The molecule has 3 saturated carbocycles. The number of hydrogen-bond acceptors (Lipinski definition) is 2. The average Bonchev–Trinajstić information content (AvgIpc) is 3.00. The predicted molar refractivity (Wildman–Crippen MR) is 104 cm³/mol. The molecule has 6 rings (SSSR count). The monoisotopic (exact) mass is 349 g/mol. The summed E-state index contributed by atoms with van der Waals surface area (Å²) >= 11 is 0. The van der Waals surface area contributed by atoms with Crippen molar-refractivity contribution in [1.82, 2.24) is 4.57 Å². The number of carbonyl (C=O) groups excluding carboxylic acids is 1. The second-order valence-electron chi connectivity index (χ2n) is 8.77. The SMILES string of the molecule is Cc1cc(N2CCn3cccc3C2)cc(C)c1NC(=O)CC12CC(C1)C2. The molecule has 3 fully saturated rings. The van der Waals surface area contributed by atoms with E-state index in [1.54, 1.807) is 0 Å². The molecule has 2 bridgehead atoms. The maximum absolute atomic E-state index is 12.5. The van der Waals surface area contributed by atoms with Crippen molar-refractivity contribution in [2.75, 3.05) is 16.8 Å². The largest absolute Gasteiger partial charge is 0.364 e. The molecule has 1 N–H and O–H groups in total. The van der Waals surface area contributed by atoms with Crippen molar-refractivity contribution in [1.29, 1.82) is 0 Å². The van der Waals surface area contributed by atoms with Crippen LogP contribution >= 0.6 is 0 Å². The molecule has 136 valence electrons. The van der Waals surface area contributed by atoms with E-state index in [1.165, 1.54) is 30.6 Å². The molecule has 1 aromatic heterocycles. The van der Waals surface area contributed by atoms with Crippen molar-refractivity contribution in [2.24, 2.45) is 11.3 Å². The van der Waals surface area contributed by atoms with E-state index in [-0.39, 0.29) is 5.91 Å². The van der Waals surface area contributed by atoms with E-state index in [1.807, 2.05) is 0 Å². The number of nitrogens with zero attached hydrogens (tertiary/aromatic N) is 2. The van der Waals surface area contributed by atoms with Crippen molar-refractivity contribution in [3.8, 4) is 0 Å². The molecular weight excluding hydrogens is 322 g/mol. The van der Waals surface area contributed by atoms with Crippen LogP contribution in [0.25, 0.3) is 0 Å². The van der Waals surface area contributed by atoms with Gasteiger partial charge in [-0.25, -0.2) is 0 Å². The normalized spacial score (nSPS) is 25.9. The minimum absolute atomic E-state index is 0.192. The van der Waals surface area contributed by atoms with E-state index >= 15 is 0 Å². The Morgan fingerprint density at radius 3 is 2.58 bits per heavy atom. The first-order chi connectivity index (χ1) is 12.5. The Balaban J connectivity index is 1.32. The first-order valence-corrected chi connectivity index (χ1v) is 9.81. The highest BCUT2D eigenvalue weighted by molar-refractivity contribution is 5.93. The summed E-state index contributed by atoms with van der Waals surface area (Å²) in [5, 5.41) is 3.21. The smallest absolute Gasteiger partial charge is 0.224 e. The molecule has 1 aliphatic heterocycles. The van der Waals surface area contributed by atoms with Gasteiger partial charge in [-0.05, 0) is 79.8 Å². The van der Waals surface area contributed by atoms with Crippen LogP contribution in [0.5, 0.6) is 0 Å². The van der Waals surface area contributed by atoms with Gasteiger partial charge in [-0.2, -0.15) is 0 Å². The van der Waals surface area contributed by atoms with Gasteiger partial charge in [0.1, 0.15) is 0 Å². The van der Waals surface area contributed by atoms with Crippen molar-refractivity contribution >= 4 is 17.3 Å². The summed E-state index contributed by atoms with van der Waals surface area (Å²) in [6.07, 6.45) is 6.68. The highest BCUT2D eigenvalue weighted by Gasteiger charge is 2.56. The molecular formula is C22H27N3O. The van der Waals surface area contributed by atoms with Gasteiger partial charge in [-0.15, -0.1) is 0 Å². The third-order valence-electron chi connectivity index (χ3n) is 6.73. The Hall–Kier alpha value is -2.23. The molecule has 4 nitrogen and oxygen atoms in total. The first-order valence-electron chi connectivity index (χ1n) is 9.81. The van der Waals surface area contributed by atoms with Gasteiger partial charge in [0.15, 0.2) is 0 Å². The summed E-state index contributed by atoms with van der Waals surface area (Å²) in [5.74, 6) is 1.12. The molecule has 1 aromatic carbocycles. The summed E-state index contributed by atoms with van der Waals surface area (Å²) in [4.78, 5) is 15.0. The lowest BCUT2D eigenvalue weighted by molar-refractivity contribution is -0.139. The number of anilines is 2. The van der Waals surface area contributed by atoms with Crippen LogP contribution in [-0.4, -0.2) is 17.0 Å². The van der Waals surface area contributed by atoms with Crippen LogP contribution in [0.1, 0.15) is 42.5 Å². The minimum atomic E-state index is 0.192. The van der Waals surface area contributed by atoms with E-state index in [0.29, 0.717) is 11.8 Å². The van der Waals surface area contributed by atoms with Crippen molar-refractivity contribution in [3.05, 3.63) is 47.3 Å². The number of fused-ring (bicyclic) bond motifs is 1. The molecule has 26 heavy (non-hydrogen) atoms. The van der Waals surface area contributed by atoms with Crippen molar-refractivity contribution in [2.45, 2.75) is 52.6 Å². The Kier molecular flexibility index (Phi) is 3.46. The highest BCUT2D eigenvalue weighted by Crippen LogP contribution is 2.66. The Labute approximate surface area is 155 Å². The van der Waals surface area contributed by atoms with E-state index in [2.05, 4.69) is 59.1 Å². The van der Waals surface area contributed by atoms with Crippen LogP contribution in [0.4, 0.5) is 11.4 Å². The van der Waals surface area contributed by atoms with Crippen LogP contribution in [0.2, 0.25) is 0 Å². The second-order valence-corrected chi connectivity index (χ2v) is 8.77. The number of amides is 1. The maximum Gasteiger partial charge on any atom is 0.224 e. The molecule has 3 aliphatic carbocycles. The number of rotatable bonds is 4.